The van der Waals surface area contributed by atoms with Gasteiger partial charge in [-0.3, -0.25) is 0 Å². The van der Waals surface area contributed by atoms with Gasteiger partial charge in [-0.1, -0.05) is 42.5 Å². The third-order valence-corrected chi connectivity index (χ3v) is 3.13. The van der Waals surface area contributed by atoms with E-state index in [9.17, 15) is 4.79 Å². The topological polar surface area (TPSA) is 56.8 Å². The first-order chi connectivity index (χ1) is 11.3. The van der Waals surface area contributed by atoms with E-state index in [1.165, 1.54) is 12.7 Å². The number of carbonyl (C=O) groups excluding carboxylic acids is 1. The van der Waals surface area contributed by atoms with Gasteiger partial charge in [-0.15, -0.1) is 0 Å². The molecule has 2 aromatic carbocycles. The van der Waals surface area contributed by atoms with Gasteiger partial charge in [0.1, 0.15) is 6.61 Å². The molecule has 0 heterocycles. The Kier molecular flexibility index (Phi) is 6.94. The van der Waals surface area contributed by atoms with E-state index in [-0.39, 0.29) is 6.61 Å². The monoisotopic (exact) mass is 315 g/mol. The van der Waals surface area contributed by atoms with Gasteiger partial charge in [-0.2, -0.15) is 0 Å². The smallest absolute Gasteiger partial charge is 0.343 e. The van der Waals surface area contributed by atoms with E-state index >= 15 is 0 Å². The van der Waals surface area contributed by atoms with E-state index in [4.69, 9.17) is 9.47 Å². The average molecular weight is 315 g/mol. The van der Waals surface area contributed by atoms with Gasteiger partial charge in [0.2, 0.25) is 0 Å². The summed E-state index contributed by atoms with van der Waals surface area (Å²) in [6, 6.07) is 17.4. The van der Waals surface area contributed by atoms with Crippen molar-refractivity contribution in [2.45, 2.75) is 6.54 Å². The summed E-state index contributed by atoms with van der Waals surface area (Å²) in [5.41, 5.74) is 1.23. The number of ether oxygens (including phenoxy) is 3. The second kappa shape index (κ2) is 9.48. The van der Waals surface area contributed by atoms with Crippen LogP contribution in [0, 0.1) is 0 Å². The lowest BCUT2D eigenvalue weighted by Crippen LogP contribution is -2.21. The van der Waals surface area contributed by atoms with E-state index < -0.39 is 5.97 Å². The average Bonchev–Trinajstić information content (AvgIpc) is 2.61. The summed E-state index contributed by atoms with van der Waals surface area (Å²) in [6.45, 7) is 1.87. The predicted molar refractivity (Wildman–Crippen MR) is 87.6 cm³/mol. The largest absolute Gasteiger partial charge is 0.488 e. The number of nitrogens with one attached hydrogen (secondary N) is 1. The van der Waals surface area contributed by atoms with Crippen molar-refractivity contribution in [2.24, 2.45) is 0 Å². The fourth-order valence-electron chi connectivity index (χ4n) is 1.95. The Bertz CT molecular complexity index is 601. The zero-order valence-electron chi connectivity index (χ0n) is 13.2. The molecule has 0 fully saturated rings. The van der Waals surface area contributed by atoms with Crippen LogP contribution in [-0.2, 0) is 16.1 Å². The van der Waals surface area contributed by atoms with Gasteiger partial charge in [0, 0.05) is 13.1 Å². The molecule has 2 aromatic rings. The molecule has 0 saturated heterocycles. The third-order valence-electron chi connectivity index (χ3n) is 3.13. The maximum absolute atomic E-state index is 11.1. The molecule has 2 rings (SSSR count). The summed E-state index contributed by atoms with van der Waals surface area (Å²) in [6.07, 6.45) is 0. The van der Waals surface area contributed by atoms with Crippen molar-refractivity contribution < 1.29 is 19.0 Å². The van der Waals surface area contributed by atoms with Gasteiger partial charge < -0.3 is 19.5 Å². The minimum atomic E-state index is -0.427. The van der Waals surface area contributed by atoms with E-state index in [0.29, 0.717) is 24.7 Å². The van der Waals surface area contributed by atoms with Crippen LogP contribution in [0.1, 0.15) is 5.56 Å². The number of para-hydroxylation sites is 2. The Morgan fingerprint density at radius 3 is 2.30 bits per heavy atom. The fourth-order valence-corrected chi connectivity index (χ4v) is 1.95. The number of rotatable bonds is 9. The number of carbonyl (C=O) groups is 1. The lowest BCUT2D eigenvalue weighted by atomic mass is 10.2. The van der Waals surface area contributed by atoms with Crippen LogP contribution >= 0.6 is 0 Å². The number of methoxy groups -OCH3 is 1. The summed E-state index contributed by atoms with van der Waals surface area (Å²) >= 11 is 0. The summed E-state index contributed by atoms with van der Waals surface area (Å²) in [5.74, 6) is 0.711. The van der Waals surface area contributed by atoms with Crippen LogP contribution in [-0.4, -0.2) is 32.8 Å². The van der Waals surface area contributed by atoms with Crippen LogP contribution in [0.4, 0.5) is 0 Å². The number of benzene rings is 2. The Morgan fingerprint density at radius 2 is 1.61 bits per heavy atom. The molecule has 0 amide bonds. The number of esters is 1. The maximum atomic E-state index is 11.1. The molecule has 0 unspecified atom stereocenters. The maximum Gasteiger partial charge on any atom is 0.343 e. The molecular formula is C18H21NO4. The van der Waals surface area contributed by atoms with Crippen molar-refractivity contribution in [3.63, 3.8) is 0 Å². The highest BCUT2D eigenvalue weighted by Gasteiger charge is 2.07. The molecule has 0 aliphatic carbocycles. The van der Waals surface area contributed by atoms with Crippen LogP contribution < -0.4 is 14.8 Å². The van der Waals surface area contributed by atoms with E-state index in [0.717, 1.165) is 6.54 Å². The van der Waals surface area contributed by atoms with Crippen molar-refractivity contribution in [1.82, 2.24) is 5.32 Å². The normalized spacial score (nSPS) is 10.1. The molecule has 0 bridgehead atoms. The zero-order chi connectivity index (χ0) is 16.3. The molecule has 0 spiro atoms. The molecule has 5 heteroatoms. The standard InChI is InChI=1S/C18H21NO4/c1-21-18(20)14-23-17-10-6-5-9-16(17)22-12-11-19-13-15-7-3-2-4-8-15/h2-10,19H,11-14H2,1H3. The SMILES string of the molecule is COC(=O)COc1ccccc1OCCNCc1ccccc1. The predicted octanol–water partition coefficient (Wildman–Crippen LogP) is 2.41. The Hall–Kier alpha value is -2.53. The van der Waals surface area contributed by atoms with E-state index in [2.05, 4.69) is 22.2 Å². The highest BCUT2D eigenvalue weighted by atomic mass is 16.6. The van der Waals surface area contributed by atoms with Gasteiger partial charge in [0.05, 0.1) is 7.11 Å². The van der Waals surface area contributed by atoms with E-state index in [1.807, 2.05) is 36.4 Å². The Labute approximate surface area is 136 Å². The minimum absolute atomic E-state index is 0.136. The molecule has 0 aliphatic heterocycles. The second-order valence-electron chi connectivity index (χ2n) is 4.82. The van der Waals surface area contributed by atoms with E-state index in [1.54, 1.807) is 6.07 Å². The molecule has 23 heavy (non-hydrogen) atoms. The van der Waals surface area contributed by atoms with Gasteiger partial charge in [0.25, 0.3) is 0 Å². The number of hydrogen-bond donors (Lipinski definition) is 1. The first-order valence-corrected chi connectivity index (χ1v) is 7.45. The lowest BCUT2D eigenvalue weighted by Gasteiger charge is -2.12. The highest BCUT2D eigenvalue weighted by molar-refractivity contribution is 5.71. The quantitative estimate of drug-likeness (QED) is 0.569. The highest BCUT2D eigenvalue weighted by Crippen LogP contribution is 2.26. The van der Waals surface area contributed by atoms with Gasteiger partial charge in [0.15, 0.2) is 18.1 Å². The van der Waals surface area contributed by atoms with Crippen molar-refractivity contribution in [3.05, 3.63) is 60.2 Å². The van der Waals surface area contributed by atoms with Crippen LogP contribution in [0.2, 0.25) is 0 Å². The van der Waals surface area contributed by atoms with Crippen LogP contribution in [0.25, 0.3) is 0 Å². The zero-order valence-corrected chi connectivity index (χ0v) is 13.2. The first kappa shape index (κ1) is 16.8. The molecule has 0 aliphatic rings. The molecule has 0 radical (unpaired) electrons. The molecule has 0 aromatic heterocycles. The fraction of sp³-hybridized carbons (Fsp3) is 0.278. The summed E-state index contributed by atoms with van der Waals surface area (Å²) in [5, 5.41) is 3.31. The molecular weight excluding hydrogens is 294 g/mol. The minimum Gasteiger partial charge on any atom is -0.488 e. The van der Waals surface area contributed by atoms with Crippen molar-refractivity contribution in [3.8, 4) is 11.5 Å². The lowest BCUT2D eigenvalue weighted by molar-refractivity contribution is -0.142. The van der Waals surface area contributed by atoms with Crippen molar-refractivity contribution in [1.29, 1.82) is 0 Å². The summed E-state index contributed by atoms with van der Waals surface area (Å²) in [4.78, 5) is 11.1. The van der Waals surface area contributed by atoms with Gasteiger partial charge >= 0.3 is 5.97 Å². The third kappa shape index (κ3) is 6.00. The summed E-state index contributed by atoms with van der Waals surface area (Å²) < 4.78 is 15.6. The van der Waals surface area contributed by atoms with Gasteiger partial charge in [-0.05, 0) is 17.7 Å². The van der Waals surface area contributed by atoms with Gasteiger partial charge in [-0.25, -0.2) is 4.79 Å². The molecule has 122 valence electrons. The van der Waals surface area contributed by atoms with Crippen LogP contribution in [0.15, 0.2) is 54.6 Å². The summed E-state index contributed by atoms with van der Waals surface area (Å²) in [7, 11) is 1.33. The molecule has 0 saturated carbocycles. The van der Waals surface area contributed by atoms with Crippen LogP contribution in [0.5, 0.6) is 11.5 Å². The molecule has 5 nitrogen and oxygen atoms in total. The Morgan fingerprint density at radius 1 is 0.957 bits per heavy atom. The molecule has 1 N–H and O–H groups in total. The Balaban J connectivity index is 1.73. The van der Waals surface area contributed by atoms with Crippen molar-refractivity contribution >= 4 is 5.97 Å². The first-order valence-electron chi connectivity index (χ1n) is 7.45. The van der Waals surface area contributed by atoms with Crippen LogP contribution in [0.3, 0.4) is 0 Å². The van der Waals surface area contributed by atoms with Crippen molar-refractivity contribution in [2.75, 3.05) is 26.9 Å². The number of hydrogen-bond acceptors (Lipinski definition) is 5. The second-order valence-corrected chi connectivity index (χ2v) is 4.82. The molecule has 0 atom stereocenters.